The highest BCUT2D eigenvalue weighted by Gasteiger charge is 2.57. The Labute approximate surface area is 149 Å². The maximum atomic E-state index is 10.3. The second-order valence-corrected chi connectivity index (χ2v) is 9.59. The van der Waals surface area contributed by atoms with Gasteiger partial charge in [-0.3, -0.25) is 0 Å². The summed E-state index contributed by atoms with van der Waals surface area (Å²) in [7, 11) is 1.87. The van der Waals surface area contributed by atoms with Gasteiger partial charge in [0.05, 0.1) is 12.2 Å². The fraction of sp³-hybridized carbons (Fsp3) is 1.00. The molecule has 3 aliphatic rings. The summed E-state index contributed by atoms with van der Waals surface area (Å²) in [6.45, 7) is 9.18. The third-order valence-electron chi connectivity index (χ3n) is 8.71. The Kier molecular flexibility index (Phi) is 5.67. The van der Waals surface area contributed by atoms with Crippen molar-refractivity contribution in [3.8, 4) is 0 Å². The summed E-state index contributed by atoms with van der Waals surface area (Å²) >= 11 is 0. The van der Waals surface area contributed by atoms with Crippen LogP contribution in [0.2, 0.25) is 0 Å². The topological polar surface area (TPSA) is 29.5 Å². The third-order valence-corrected chi connectivity index (χ3v) is 8.71. The number of hydrogen-bond acceptors (Lipinski definition) is 2. The highest BCUT2D eigenvalue weighted by molar-refractivity contribution is 5.06. The van der Waals surface area contributed by atoms with Gasteiger partial charge in [-0.15, -0.1) is 0 Å². The first-order chi connectivity index (χ1) is 11.4. The molecule has 9 unspecified atom stereocenters. The molecule has 140 valence electrons. The van der Waals surface area contributed by atoms with E-state index in [4.69, 9.17) is 4.74 Å². The van der Waals surface area contributed by atoms with Crippen molar-refractivity contribution in [2.45, 2.75) is 91.3 Å². The van der Waals surface area contributed by atoms with Crippen molar-refractivity contribution >= 4 is 0 Å². The Morgan fingerprint density at radius 1 is 1.08 bits per heavy atom. The molecule has 0 spiro atoms. The van der Waals surface area contributed by atoms with Crippen LogP contribution in [0.15, 0.2) is 0 Å². The number of aliphatic hydroxyl groups is 1. The second-order valence-electron chi connectivity index (χ2n) is 9.59. The Morgan fingerprint density at radius 3 is 2.46 bits per heavy atom. The predicted octanol–water partition coefficient (Wildman–Crippen LogP) is 5.29. The Bertz CT molecular complexity index is 420. The average Bonchev–Trinajstić information content (AvgIpc) is 2.92. The normalized spacial score (nSPS) is 47.8. The van der Waals surface area contributed by atoms with E-state index in [1.54, 1.807) is 0 Å². The number of ether oxygens (including phenoxy) is 1. The first kappa shape index (κ1) is 18.7. The molecule has 0 radical (unpaired) electrons. The molecule has 0 amide bonds. The van der Waals surface area contributed by atoms with Crippen LogP contribution in [0, 0.1) is 40.9 Å². The highest BCUT2D eigenvalue weighted by atomic mass is 16.5. The van der Waals surface area contributed by atoms with Gasteiger partial charge in [-0.25, -0.2) is 0 Å². The van der Waals surface area contributed by atoms with Crippen LogP contribution in [0.1, 0.15) is 79.1 Å². The van der Waals surface area contributed by atoms with E-state index in [0.717, 1.165) is 29.6 Å². The van der Waals surface area contributed by atoms with Crippen molar-refractivity contribution in [2.75, 3.05) is 7.11 Å². The molecule has 0 aromatic carbocycles. The lowest BCUT2D eigenvalue weighted by Gasteiger charge is -2.55. The Hall–Kier alpha value is -0.0800. The molecule has 0 aliphatic heterocycles. The van der Waals surface area contributed by atoms with Crippen LogP contribution in [-0.4, -0.2) is 24.4 Å². The van der Waals surface area contributed by atoms with Gasteiger partial charge in [0, 0.05) is 7.11 Å². The van der Waals surface area contributed by atoms with Crippen molar-refractivity contribution < 1.29 is 9.84 Å². The summed E-state index contributed by atoms with van der Waals surface area (Å²) < 4.78 is 5.65. The summed E-state index contributed by atoms with van der Waals surface area (Å²) in [5.74, 6) is 4.97. The minimum Gasteiger partial charge on any atom is -0.393 e. The zero-order valence-electron chi connectivity index (χ0n) is 16.6. The minimum absolute atomic E-state index is 0.132. The van der Waals surface area contributed by atoms with Gasteiger partial charge in [0.25, 0.3) is 0 Å². The van der Waals surface area contributed by atoms with E-state index in [-0.39, 0.29) is 6.10 Å². The molecule has 0 aromatic rings. The third kappa shape index (κ3) is 3.07. The van der Waals surface area contributed by atoms with E-state index in [1.807, 2.05) is 14.0 Å². The molecule has 2 nitrogen and oxygen atoms in total. The summed E-state index contributed by atoms with van der Waals surface area (Å²) in [4.78, 5) is 0. The molecule has 0 aromatic heterocycles. The molecule has 0 heterocycles. The molecular weight excluding hydrogens is 296 g/mol. The Morgan fingerprint density at radius 2 is 1.83 bits per heavy atom. The van der Waals surface area contributed by atoms with Crippen molar-refractivity contribution in [2.24, 2.45) is 40.9 Å². The zero-order chi connectivity index (χ0) is 17.5. The van der Waals surface area contributed by atoms with Crippen molar-refractivity contribution in [1.29, 1.82) is 0 Å². The number of methoxy groups -OCH3 is 1. The number of rotatable bonds is 5. The maximum Gasteiger partial charge on any atom is 0.0546 e. The van der Waals surface area contributed by atoms with E-state index in [9.17, 15) is 5.11 Å². The van der Waals surface area contributed by atoms with Crippen LogP contribution in [0.5, 0.6) is 0 Å². The van der Waals surface area contributed by atoms with Crippen LogP contribution in [0.25, 0.3) is 0 Å². The van der Waals surface area contributed by atoms with Crippen LogP contribution in [-0.2, 0) is 4.74 Å². The van der Waals surface area contributed by atoms with Crippen LogP contribution >= 0.6 is 0 Å². The van der Waals surface area contributed by atoms with Gasteiger partial charge < -0.3 is 9.84 Å². The number of fused-ring (bicyclic) bond motifs is 3. The van der Waals surface area contributed by atoms with Crippen LogP contribution in [0.3, 0.4) is 0 Å². The van der Waals surface area contributed by atoms with E-state index in [2.05, 4.69) is 20.8 Å². The fourth-order valence-corrected chi connectivity index (χ4v) is 7.42. The van der Waals surface area contributed by atoms with Gasteiger partial charge in [0.2, 0.25) is 0 Å². The molecule has 2 heteroatoms. The molecule has 3 aliphatic carbocycles. The lowest BCUT2D eigenvalue weighted by molar-refractivity contribution is -0.0796. The first-order valence-corrected chi connectivity index (χ1v) is 10.6. The highest BCUT2D eigenvalue weighted by Crippen LogP contribution is 2.64. The van der Waals surface area contributed by atoms with E-state index in [1.165, 1.54) is 51.4 Å². The fourth-order valence-electron chi connectivity index (χ4n) is 7.42. The minimum atomic E-state index is -0.132. The molecule has 3 saturated carbocycles. The zero-order valence-corrected chi connectivity index (χ0v) is 16.6. The lowest BCUT2D eigenvalue weighted by Crippen LogP contribution is -2.49. The molecule has 0 saturated heterocycles. The number of aliphatic hydroxyl groups excluding tert-OH is 1. The van der Waals surface area contributed by atoms with Gasteiger partial charge in [0.1, 0.15) is 0 Å². The van der Waals surface area contributed by atoms with Crippen molar-refractivity contribution in [1.82, 2.24) is 0 Å². The van der Waals surface area contributed by atoms with Gasteiger partial charge in [-0.2, -0.15) is 0 Å². The Balaban J connectivity index is 1.80. The van der Waals surface area contributed by atoms with E-state index in [0.29, 0.717) is 17.4 Å². The van der Waals surface area contributed by atoms with E-state index < -0.39 is 0 Å². The van der Waals surface area contributed by atoms with Crippen LogP contribution < -0.4 is 0 Å². The van der Waals surface area contributed by atoms with Gasteiger partial charge in [0.15, 0.2) is 0 Å². The SMILES string of the molecule is CCC1CCC2C(CCC3(C)C(C(C)O)CCC23)C1CC(C)OC. The standard InChI is InChI=1S/C22H40O2/c1-6-16-7-8-18-17(19(16)13-14(2)24-5)11-12-22(4)20(15(3)23)9-10-21(18)22/h14-21,23H,6-13H2,1-5H3. The average molecular weight is 337 g/mol. The smallest absolute Gasteiger partial charge is 0.0546 e. The molecule has 3 fully saturated rings. The summed E-state index contributed by atoms with van der Waals surface area (Å²) in [5.41, 5.74) is 0.395. The van der Waals surface area contributed by atoms with Gasteiger partial charge in [-0.1, -0.05) is 20.3 Å². The molecule has 3 rings (SSSR count). The molecule has 1 N–H and O–H groups in total. The predicted molar refractivity (Wildman–Crippen MR) is 99.8 cm³/mol. The lowest BCUT2D eigenvalue weighted by atomic mass is 9.50. The summed E-state index contributed by atoms with van der Waals surface area (Å²) in [6, 6.07) is 0. The summed E-state index contributed by atoms with van der Waals surface area (Å²) in [5, 5.41) is 10.3. The van der Waals surface area contributed by atoms with Gasteiger partial charge in [-0.05, 0) is 99.7 Å². The van der Waals surface area contributed by atoms with Gasteiger partial charge >= 0.3 is 0 Å². The molecule has 9 atom stereocenters. The van der Waals surface area contributed by atoms with Crippen molar-refractivity contribution in [3.63, 3.8) is 0 Å². The second kappa shape index (κ2) is 7.27. The molecule has 24 heavy (non-hydrogen) atoms. The van der Waals surface area contributed by atoms with Crippen LogP contribution in [0.4, 0.5) is 0 Å². The largest absolute Gasteiger partial charge is 0.393 e. The molecule has 0 bridgehead atoms. The monoisotopic (exact) mass is 336 g/mol. The molecular formula is C22H40O2. The van der Waals surface area contributed by atoms with E-state index >= 15 is 0 Å². The first-order valence-electron chi connectivity index (χ1n) is 10.6. The quantitative estimate of drug-likeness (QED) is 0.739. The van der Waals surface area contributed by atoms with Crippen molar-refractivity contribution in [3.05, 3.63) is 0 Å². The maximum absolute atomic E-state index is 10.3. The number of hydrogen-bond donors (Lipinski definition) is 1. The summed E-state index contributed by atoms with van der Waals surface area (Å²) in [6.07, 6.45) is 11.0.